The summed E-state index contributed by atoms with van der Waals surface area (Å²) in [6, 6.07) is 31.4. The maximum atomic E-state index is 5.83. The van der Waals surface area contributed by atoms with Crippen molar-refractivity contribution < 1.29 is 4.74 Å². The van der Waals surface area contributed by atoms with E-state index in [2.05, 4.69) is 78.9 Å². The SMILES string of the molecule is C(COCCc1ccccc1)=C(c1ccccc1)c1ccccc1. The largest absolute Gasteiger partial charge is 0.377 e. The standard InChI is InChI=1S/C23H22O/c1-4-10-20(11-5-1)16-18-24-19-17-23(21-12-6-2-7-13-21)22-14-8-3-9-15-22/h1-15,17H,16,18-19H2. The lowest BCUT2D eigenvalue weighted by Crippen LogP contribution is -1.99. The maximum Gasteiger partial charge on any atom is 0.0656 e. The Morgan fingerprint density at radius 3 is 1.71 bits per heavy atom. The van der Waals surface area contributed by atoms with E-state index in [-0.39, 0.29) is 0 Å². The van der Waals surface area contributed by atoms with Crippen LogP contribution in [0.4, 0.5) is 0 Å². The van der Waals surface area contributed by atoms with Crippen molar-refractivity contribution in [3.63, 3.8) is 0 Å². The van der Waals surface area contributed by atoms with Crippen LogP contribution in [0.1, 0.15) is 16.7 Å². The second-order valence-corrected chi connectivity index (χ2v) is 5.66. The fourth-order valence-electron chi connectivity index (χ4n) is 2.70. The van der Waals surface area contributed by atoms with Gasteiger partial charge < -0.3 is 4.74 Å². The summed E-state index contributed by atoms with van der Waals surface area (Å²) in [5.74, 6) is 0. The van der Waals surface area contributed by atoms with E-state index >= 15 is 0 Å². The molecule has 0 aromatic heterocycles. The monoisotopic (exact) mass is 314 g/mol. The zero-order valence-electron chi connectivity index (χ0n) is 13.8. The van der Waals surface area contributed by atoms with E-state index < -0.39 is 0 Å². The van der Waals surface area contributed by atoms with E-state index in [9.17, 15) is 0 Å². The molecule has 0 aliphatic rings. The summed E-state index contributed by atoms with van der Waals surface area (Å²) >= 11 is 0. The van der Waals surface area contributed by atoms with Crippen molar-refractivity contribution in [1.82, 2.24) is 0 Å². The first kappa shape index (κ1) is 16.2. The molecule has 0 aliphatic carbocycles. The highest BCUT2D eigenvalue weighted by Gasteiger charge is 2.03. The topological polar surface area (TPSA) is 9.23 Å². The van der Waals surface area contributed by atoms with Gasteiger partial charge in [0, 0.05) is 0 Å². The van der Waals surface area contributed by atoms with E-state index in [0.29, 0.717) is 6.61 Å². The smallest absolute Gasteiger partial charge is 0.0656 e. The highest BCUT2D eigenvalue weighted by atomic mass is 16.5. The second-order valence-electron chi connectivity index (χ2n) is 5.66. The van der Waals surface area contributed by atoms with Gasteiger partial charge in [-0.1, -0.05) is 97.1 Å². The molecule has 3 rings (SSSR count). The van der Waals surface area contributed by atoms with Gasteiger partial charge in [-0.3, -0.25) is 0 Å². The third-order valence-electron chi connectivity index (χ3n) is 3.95. The Morgan fingerprint density at radius 2 is 1.17 bits per heavy atom. The number of ether oxygens (including phenoxy) is 1. The predicted octanol–water partition coefficient (Wildman–Crippen LogP) is 5.38. The fourth-order valence-corrected chi connectivity index (χ4v) is 2.70. The molecule has 1 heteroatoms. The number of benzene rings is 3. The third-order valence-corrected chi connectivity index (χ3v) is 3.95. The van der Waals surface area contributed by atoms with E-state index in [1.807, 2.05) is 18.2 Å². The van der Waals surface area contributed by atoms with E-state index in [1.54, 1.807) is 0 Å². The third kappa shape index (κ3) is 4.68. The van der Waals surface area contributed by atoms with Gasteiger partial charge in [0.25, 0.3) is 0 Å². The lowest BCUT2D eigenvalue weighted by atomic mass is 9.98. The van der Waals surface area contributed by atoms with E-state index in [1.165, 1.54) is 22.3 Å². The van der Waals surface area contributed by atoms with Gasteiger partial charge in [-0.15, -0.1) is 0 Å². The Bertz CT molecular complexity index is 704. The Hall–Kier alpha value is -2.64. The van der Waals surface area contributed by atoms with Gasteiger partial charge in [-0.2, -0.15) is 0 Å². The lowest BCUT2D eigenvalue weighted by Gasteiger charge is -2.09. The minimum Gasteiger partial charge on any atom is -0.377 e. The minimum atomic E-state index is 0.617. The second kappa shape index (κ2) is 8.85. The van der Waals surface area contributed by atoms with Crippen LogP contribution >= 0.6 is 0 Å². The van der Waals surface area contributed by atoms with Crippen LogP contribution in [-0.4, -0.2) is 13.2 Å². The summed E-state index contributed by atoms with van der Waals surface area (Å²) in [5.41, 5.74) is 4.97. The van der Waals surface area contributed by atoms with Gasteiger partial charge >= 0.3 is 0 Å². The summed E-state index contributed by atoms with van der Waals surface area (Å²) in [7, 11) is 0. The van der Waals surface area contributed by atoms with Crippen molar-refractivity contribution in [2.45, 2.75) is 6.42 Å². The van der Waals surface area contributed by atoms with Gasteiger partial charge in [0.1, 0.15) is 0 Å². The van der Waals surface area contributed by atoms with Crippen molar-refractivity contribution in [2.24, 2.45) is 0 Å². The Labute approximate surface area is 144 Å². The average Bonchev–Trinajstić information content (AvgIpc) is 2.67. The zero-order chi connectivity index (χ0) is 16.5. The average molecular weight is 314 g/mol. The molecule has 0 radical (unpaired) electrons. The molecule has 0 bridgehead atoms. The molecule has 3 aromatic carbocycles. The molecule has 0 N–H and O–H groups in total. The first-order valence-corrected chi connectivity index (χ1v) is 8.36. The van der Waals surface area contributed by atoms with E-state index in [0.717, 1.165) is 13.0 Å². The highest BCUT2D eigenvalue weighted by Crippen LogP contribution is 2.22. The van der Waals surface area contributed by atoms with Crippen LogP contribution in [-0.2, 0) is 11.2 Å². The number of hydrogen-bond donors (Lipinski definition) is 0. The Morgan fingerprint density at radius 1 is 0.667 bits per heavy atom. The minimum absolute atomic E-state index is 0.617. The van der Waals surface area contributed by atoms with Crippen molar-refractivity contribution >= 4 is 5.57 Å². The first-order valence-electron chi connectivity index (χ1n) is 8.36. The lowest BCUT2D eigenvalue weighted by molar-refractivity contribution is 0.166. The predicted molar refractivity (Wildman–Crippen MR) is 101 cm³/mol. The van der Waals surface area contributed by atoms with E-state index in [4.69, 9.17) is 4.74 Å². The van der Waals surface area contributed by atoms with Gasteiger partial charge in [-0.25, -0.2) is 0 Å². The summed E-state index contributed by atoms with van der Waals surface area (Å²) < 4.78 is 5.83. The quantitative estimate of drug-likeness (QED) is 0.532. The van der Waals surface area contributed by atoms with Gasteiger partial charge in [0.2, 0.25) is 0 Å². The molecule has 1 nitrogen and oxygen atoms in total. The van der Waals surface area contributed by atoms with Crippen LogP contribution < -0.4 is 0 Å². The van der Waals surface area contributed by atoms with Crippen LogP contribution in [0.15, 0.2) is 97.1 Å². The van der Waals surface area contributed by atoms with Crippen molar-refractivity contribution in [3.05, 3.63) is 114 Å². The van der Waals surface area contributed by atoms with Crippen LogP contribution in [0.3, 0.4) is 0 Å². The molecule has 0 unspecified atom stereocenters. The number of hydrogen-bond acceptors (Lipinski definition) is 1. The van der Waals surface area contributed by atoms with Gasteiger partial charge in [-0.05, 0) is 28.7 Å². The molecule has 0 aliphatic heterocycles. The van der Waals surface area contributed by atoms with Crippen molar-refractivity contribution in [1.29, 1.82) is 0 Å². The summed E-state index contributed by atoms with van der Waals surface area (Å²) in [6.07, 6.45) is 3.12. The van der Waals surface area contributed by atoms with Crippen LogP contribution in [0.5, 0.6) is 0 Å². The first-order chi connectivity index (χ1) is 11.9. The Kier molecular flexibility index (Phi) is 5.99. The molecule has 0 saturated heterocycles. The van der Waals surface area contributed by atoms with Crippen LogP contribution in [0.25, 0.3) is 5.57 Å². The fraction of sp³-hybridized carbons (Fsp3) is 0.130. The summed E-state index contributed by atoms with van der Waals surface area (Å²) in [6.45, 7) is 1.35. The molecule has 0 saturated carbocycles. The molecule has 3 aromatic rings. The number of rotatable bonds is 7. The molecule has 120 valence electrons. The van der Waals surface area contributed by atoms with Crippen LogP contribution in [0, 0.1) is 0 Å². The summed E-state index contributed by atoms with van der Waals surface area (Å²) in [5, 5.41) is 0. The molecule has 0 heterocycles. The normalized spacial score (nSPS) is 10.3. The molecule has 0 atom stereocenters. The zero-order valence-corrected chi connectivity index (χ0v) is 13.8. The Balaban J connectivity index is 1.64. The molecular weight excluding hydrogens is 292 g/mol. The molecular formula is C23H22O. The molecule has 0 spiro atoms. The van der Waals surface area contributed by atoms with Crippen molar-refractivity contribution in [3.8, 4) is 0 Å². The maximum absolute atomic E-state index is 5.83. The van der Waals surface area contributed by atoms with Gasteiger partial charge in [0.15, 0.2) is 0 Å². The molecule has 0 amide bonds. The molecule has 0 fully saturated rings. The molecule has 24 heavy (non-hydrogen) atoms. The highest BCUT2D eigenvalue weighted by molar-refractivity contribution is 5.79. The summed E-state index contributed by atoms with van der Waals surface area (Å²) in [4.78, 5) is 0. The van der Waals surface area contributed by atoms with Crippen molar-refractivity contribution in [2.75, 3.05) is 13.2 Å². The van der Waals surface area contributed by atoms with Gasteiger partial charge in [0.05, 0.1) is 13.2 Å². The van der Waals surface area contributed by atoms with Crippen LogP contribution in [0.2, 0.25) is 0 Å².